The second kappa shape index (κ2) is 8.45. The molecule has 1 amide bonds. The maximum atomic E-state index is 12.4. The Morgan fingerprint density at radius 2 is 1.96 bits per heavy atom. The van der Waals surface area contributed by atoms with E-state index >= 15 is 0 Å². The lowest BCUT2D eigenvalue weighted by Gasteiger charge is -2.11. The van der Waals surface area contributed by atoms with Crippen molar-refractivity contribution in [3.63, 3.8) is 0 Å². The molecule has 1 aliphatic rings. The molecule has 2 aromatic carbocycles. The molecule has 1 aliphatic heterocycles. The van der Waals surface area contributed by atoms with Gasteiger partial charge in [0.05, 0.1) is 6.61 Å². The van der Waals surface area contributed by atoms with Gasteiger partial charge in [-0.1, -0.05) is 48.0 Å². The lowest BCUT2D eigenvalue weighted by molar-refractivity contribution is -0.123. The number of hydrogen-bond donors (Lipinski definition) is 3. The van der Waals surface area contributed by atoms with Crippen LogP contribution in [0.3, 0.4) is 0 Å². The Morgan fingerprint density at radius 3 is 2.68 bits per heavy atom. The Morgan fingerprint density at radius 1 is 1.20 bits per heavy atom. The van der Waals surface area contributed by atoms with Crippen molar-refractivity contribution in [2.24, 2.45) is 0 Å². The third kappa shape index (κ3) is 4.80. The molecule has 0 radical (unpaired) electrons. The summed E-state index contributed by atoms with van der Waals surface area (Å²) in [7, 11) is 1.67. The monoisotopic (exact) mass is 359 g/mol. The van der Waals surface area contributed by atoms with Crippen LogP contribution in [0.4, 0.5) is 0 Å². The van der Waals surface area contributed by atoms with Crippen molar-refractivity contribution in [2.45, 2.75) is 31.7 Å². The van der Waals surface area contributed by atoms with Gasteiger partial charge in [0.2, 0.25) is 5.91 Å². The topological polar surface area (TPSA) is 62.4 Å². The van der Waals surface area contributed by atoms with E-state index in [0.717, 1.165) is 16.7 Å². The molecule has 1 fully saturated rings. The predicted octanol–water partition coefficient (Wildman–Crippen LogP) is 2.71. The van der Waals surface area contributed by atoms with E-state index < -0.39 is 0 Å². The molecule has 0 bridgehead atoms. The molecular weight excluding hydrogens is 338 g/mol. The summed E-state index contributed by atoms with van der Waals surface area (Å²) < 4.78 is 5.09. The lowest BCUT2D eigenvalue weighted by atomic mass is 10.0. The van der Waals surface area contributed by atoms with E-state index in [1.807, 2.05) is 48.5 Å². The van der Waals surface area contributed by atoms with E-state index in [1.165, 1.54) is 0 Å². The van der Waals surface area contributed by atoms with Crippen molar-refractivity contribution in [1.82, 2.24) is 16.2 Å². The zero-order chi connectivity index (χ0) is 17.6. The fourth-order valence-electron chi connectivity index (χ4n) is 2.90. The van der Waals surface area contributed by atoms with Crippen LogP contribution < -0.4 is 16.2 Å². The molecule has 2 aromatic rings. The minimum absolute atomic E-state index is 0.0157. The van der Waals surface area contributed by atoms with Crippen LogP contribution in [0.2, 0.25) is 5.02 Å². The summed E-state index contributed by atoms with van der Waals surface area (Å²) in [5.41, 5.74) is 9.48. The Hall–Kier alpha value is -1.92. The van der Waals surface area contributed by atoms with Crippen molar-refractivity contribution in [2.75, 3.05) is 7.11 Å². The highest BCUT2D eigenvalue weighted by atomic mass is 35.5. The van der Waals surface area contributed by atoms with Crippen molar-refractivity contribution in [3.05, 3.63) is 70.2 Å². The Labute approximate surface area is 152 Å². The summed E-state index contributed by atoms with van der Waals surface area (Å²) in [5, 5.41) is 3.68. The van der Waals surface area contributed by atoms with Gasteiger partial charge in [-0.05, 0) is 35.2 Å². The Balaban J connectivity index is 1.50. The molecule has 0 aliphatic carbocycles. The molecule has 25 heavy (non-hydrogen) atoms. The Kier molecular flexibility index (Phi) is 6.04. The van der Waals surface area contributed by atoms with E-state index in [1.54, 1.807) is 7.11 Å². The first-order chi connectivity index (χ1) is 12.2. The number of methoxy groups -OCH3 is 1. The SMILES string of the molecule is COCc1ccc(CNC(=O)C2CC(c3cccc(Cl)c3)NN2)cc1. The molecule has 3 rings (SSSR count). The van der Waals surface area contributed by atoms with E-state index in [2.05, 4.69) is 16.2 Å². The average molecular weight is 360 g/mol. The minimum Gasteiger partial charge on any atom is -0.380 e. The number of ether oxygens (including phenoxy) is 1. The van der Waals surface area contributed by atoms with Gasteiger partial charge in [-0.25, -0.2) is 10.9 Å². The number of carbonyl (C=O) groups excluding carboxylic acids is 1. The van der Waals surface area contributed by atoms with Gasteiger partial charge in [-0.3, -0.25) is 4.79 Å². The number of benzene rings is 2. The van der Waals surface area contributed by atoms with E-state index in [0.29, 0.717) is 24.6 Å². The van der Waals surface area contributed by atoms with Crippen LogP contribution in [0, 0.1) is 0 Å². The molecule has 0 aromatic heterocycles. The van der Waals surface area contributed by atoms with Gasteiger partial charge in [-0.2, -0.15) is 0 Å². The predicted molar refractivity (Wildman–Crippen MR) is 97.9 cm³/mol. The summed E-state index contributed by atoms with van der Waals surface area (Å²) in [6.45, 7) is 1.10. The van der Waals surface area contributed by atoms with Crippen LogP contribution in [0.1, 0.15) is 29.2 Å². The fraction of sp³-hybridized carbons (Fsp3) is 0.316. The maximum absolute atomic E-state index is 12.4. The lowest BCUT2D eigenvalue weighted by Crippen LogP contribution is -2.42. The molecule has 0 saturated carbocycles. The van der Waals surface area contributed by atoms with E-state index in [4.69, 9.17) is 16.3 Å². The van der Waals surface area contributed by atoms with E-state index in [-0.39, 0.29) is 18.0 Å². The average Bonchev–Trinajstić information content (AvgIpc) is 3.11. The number of amides is 1. The van der Waals surface area contributed by atoms with Crippen molar-refractivity contribution >= 4 is 17.5 Å². The first kappa shape index (κ1) is 17.9. The van der Waals surface area contributed by atoms with Gasteiger partial charge in [0, 0.05) is 24.7 Å². The number of hydrazine groups is 1. The summed E-state index contributed by atoms with van der Waals surface area (Å²) in [5.74, 6) is -0.0157. The zero-order valence-electron chi connectivity index (χ0n) is 14.1. The Bertz CT molecular complexity index is 721. The molecule has 3 N–H and O–H groups in total. The third-order valence-corrected chi connectivity index (χ3v) is 4.51. The number of nitrogens with one attached hydrogen (secondary N) is 3. The normalized spacial score (nSPS) is 19.8. The standard InChI is InChI=1S/C19H22ClN3O2/c1-25-12-14-7-5-13(6-8-14)11-21-19(24)18-10-17(22-23-18)15-3-2-4-16(20)9-15/h2-9,17-18,22-23H,10-12H2,1H3,(H,21,24). The van der Waals surface area contributed by atoms with Gasteiger partial charge in [0.1, 0.15) is 6.04 Å². The molecule has 6 heteroatoms. The summed E-state index contributed by atoms with van der Waals surface area (Å²) >= 11 is 6.04. The van der Waals surface area contributed by atoms with Crippen LogP contribution in [0.25, 0.3) is 0 Å². The third-order valence-electron chi connectivity index (χ3n) is 4.27. The maximum Gasteiger partial charge on any atom is 0.238 e. The van der Waals surface area contributed by atoms with Crippen molar-refractivity contribution in [1.29, 1.82) is 0 Å². The number of rotatable bonds is 6. The zero-order valence-corrected chi connectivity index (χ0v) is 14.8. The van der Waals surface area contributed by atoms with Crippen LogP contribution in [-0.4, -0.2) is 19.1 Å². The minimum atomic E-state index is -0.267. The van der Waals surface area contributed by atoms with Crippen LogP contribution in [0.15, 0.2) is 48.5 Å². The summed E-state index contributed by atoms with van der Waals surface area (Å²) in [6, 6.07) is 15.5. The molecule has 1 saturated heterocycles. The number of hydrogen-bond acceptors (Lipinski definition) is 4. The molecule has 2 unspecified atom stereocenters. The second-order valence-electron chi connectivity index (χ2n) is 6.15. The van der Waals surface area contributed by atoms with Crippen LogP contribution >= 0.6 is 11.6 Å². The highest BCUT2D eigenvalue weighted by Crippen LogP contribution is 2.24. The molecule has 1 heterocycles. The molecule has 2 atom stereocenters. The largest absolute Gasteiger partial charge is 0.380 e. The van der Waals surface area contributed by atoms with Crippen LogP contribution in [-0.2, 0) is 22.7 Å². The quantitative estimate of drug-likeness (QED) is 0.742. The first-order valence-corrected chi connectivity index (χ1v) is 8.64. The summed E-state index contributed by atoms with van der Waals surface area (Å²) in [6.07, 6.45) is 0.680. The highest BCUT2D eigenvalue weighted by Gasteiger charge is 2.29. The van der Waals surface area contributed by atoms with Crippen molar-refractivity contribution < 1.29 is 9.53 Å². The van der Waals surface area contributed by atoms with Crippen LogP contribution in [0.5, 0.6) is 0 Å². The molecule has 132 valence electrons. The highest BCUT2D eigenvalue weighted by molar-refractivity contribution is 6.30. The molecular formula is C19H22ClN3O2. The van der Waals surface area contributed by atoms with Gasteiger partial charge >= 0.3 is 0 Å². The van der Waals surface area contributed by atoms with Gasteiger partial charge < -0.3 is 10.1 Å². The first-order valence-electron chi connectivity index (χ1n) is 8.26. The summed E-state index contributed by atoms with van der Waals surface area (Å²) in [4.78, 5) is 12.4. The molecule has 5 nitrogen and oxygen atoms in total. The molecule has 0 spiro atoms. The van der Waals surface area contributed by atoms with E-state index in [9.17, 15) is 4.79 Å². The second-order valence-corrected chi connectivity index (χ2v) is 6.59. The van der Waals surface area contributed by atoms with Gasteiger partial charge in [0.15, 0.2) is 0 Å². The smallest absolute Gasteiger partial charge is 0.238 e. The van der Waals surface area contributed by atoms with Gasteiger partial charge in [-0.15, -0.1) is 0 Å². The van der Waals surface area contributed by atoms with Crippen molar-refractivity contribution in [3.8, 4) is 0 Å². The number of carbonyl (C=O) groups is 1. The number of halogens is 1. The van der Waals surface area contributed by atoms with Gasteiger partial charge in [0.25, 0.3) is 0 Å². The fourth-order valence-corrected chi connectivity index (χ4v) is 3.10.